The molecule has 1 heterocycles. The summed E-state index contributed by atoms with van der Waals surface area (Å²) < 4.78 is 0. The minimum Gasteiger partial charge on any atom is -0.370 e. The van der Waals surface area contributed by atoms with E-state index in [1.807, 2.05) is 0 Å². The molecule has 0 saturated carbocycles. The molecular formula is C18H26N4S. The smallest absolute Gasteiger partial charge is 0.193 e. The molecule has 0 aliphatic rings. The van der Waals surface area contributed by atoms with Crippen LogP contribution >= 0.6 is 11.3 Å². The van der Waals surface area contributed by atoms with Crippen molar-refractivity contribution in [2.24, 2.45) is 10.7 Å². The maximum absolute atomic E-state index is 5.97. The predicted molar refractivity (Wildman–Crippen MR) is 101 cm³/mol. The van der Waals surface area contributed by atoms with E-state index in [-0.39, 0.29) is 5.41 Å². The highest BCUT2D eigenvalue weighted by atomic mass is 32.1. The molecule has 23 heavy (non-hydrogen) atoms. The van der Waals surface area contributed by atoms with Crippen LogP contribution in [0.15, 0.2) is 28.6 Å². The van der Waals surface area contributed by atoms with Gasteiger partial charge in [0.05, 0.1) is 10.7 Å². The van der Waals surface area contributed by atoms with Crippen LogP contribution in [0.1, 0.15) is 42.6 Å². The largest absolute Gasteiger partial charge is 0.370 e. The van der Waals surface area contributed by atoms with E-state index in [0.29, 0.717) is 12.5 Å². The van der Waals surface area contributed by atoms with Crippen molar-refractivity contribution in [1.82, 2.24) is 4.98 Å². The second-order valence-corrected chi connectivity index (χ2v) is 7.77. The maximum atomic E-state index is 5.97. The van der Waals surface area contributed by atoms with Gasteiger partial charge >= 0.3 is 0 Å². The predicted octanol–water partition coefficient (Wildman–Crippen LogP) is 4.03. The fourth-order valence-corrected chi connectivity index (χ4v) is 3.23. The zero-order valence-electron chi connectivity index (χ0n) is 14.6. The number of nitrogens with zero attached hydrogens (tertiary/aromatic N) is 2. The number of thiazole rings is 1. The molecule has 0 atom stereocenters. The summed E-state index contributed by atoms with van der Waals surface area (Å²) in [7, 11) is 0. The molecule has 2 aromatic rings. The Bertz CT molecular complexity index is 675. The first kappa shape index (κ1) is 17.5. The summed E-state index contributed by atoms with van der Waals surface area (Å²) in [5.41, 5.74) is 10.5. The standard InChI is InChI=1S/C18H26N4S/c1-12-8-13(2)10-15(9-12)22-17(19)20-7-6-14-11-23-16(21-14)18(3,4)5/h8-11H,6-7H2,1-5H3,(H3,19,20,22). The Kier molecular flexibility index (Phi) is 5.42. The lowest BCUT2D eigenvalue weighted by atomic mass is 9.98. The Hall–Kier alpha value is -1.88. The van der Waals surface area contributed by atoms with Gasteiger partial charge in [-0.05, 0) is 37.1 Å². The third kappa shape index (κ3) is 5.36. The van der Waals surface area contributed by atoms with E-state index in [9.17, 15) is 0 Å². The third-order valence-corrected chi connectivity index (χ3v) is 4.65. The first-order valence-corrected chi connectivity index (χ1v) is 8.72. The van der Waals surface area contributed by atoms with Gasteiger partial charge in [-0.1, -0.05) is 26.8 Å². The second kappa shape index (κ2) is 7.13. The van der Waals surface area contributed by atoms with Crippen molar-refractivity contribution in [3.63, 3.8) is 0 Å². The fraction of sp³-hybridized carbons (Fsp3) is 0.444. The van der Waals surface area contributed by atoms with Crippen LogP contribution in [0.3, 0.4) is 0 Å². The number of benzene rings is 1. The number of nitrogens with one attached hydrogen (secondary N) is 1. The number of hydrogen-bond donors (Lipinski definition) is 2. The first-order valence-electron chi connectivity index (χ1n) is 7.84. The van der Waals surface area contributed by atoms with Crippen LogP contribution in [0.5, 0.6) is 0 Å². The van der Waals surface area contributed by atoms with Crippen LogP contribution in [0.2, 0.25) is 0 Å². The van der Waals surface area contributed by atoms with Crippen molar-refractivity contribution in [2.45, 2.75) is 46.5 Å². The van der Waals surface area contributed by atoms with Crippen molar-refractivity contribution in [2.75, 3.05) is 11.9 Å². The SMILES string of the molecule is Cc1cc(C)cc(NC(N)=NCCc2csc(C(C)(C)C)n2)c1. The summed E-state index contributed by atoms with van der Waals surface area (Å²) in [6.07, 6.45) is 0.807. The van der Waals surface area contributed by atoms with E-state index < -0.39 is 0 Å². The molecule has 0 amide bonds. The Labute approximate surface area is 142 Å². The van der Waals surface area contributed by atoms with Gasteiger partial charge in [0.15, 0.2) is 5.96 Å². The Morgan fingerprint density at radius 3 is 2.43 bits per heavy atom. The molecule has 0 aliphatic carbocycles. The molecule has 0 unspecified atom stereocenters. The number of aromatic nitrogens is 1. The summed E-state index contributed by atoms with van der Waals surface area (Å²) in [6.45, 7) is 11.3. The molecule has 0 fully saturated rings. The van der Waals surface area contributed by atoms with Crippen molar-refractivity contribution in [3.8, 4) is 0 Å². The van der Waals surface area contributed by atoms with Crippen LogP contribution in [0, 0.1) is 13.8 Å². The number of nitrogens with two attached hydrogens (primary N) is 1. The lowest BCUT2D eigenvalue weighted by molar-refractivity contribution is 0.583. The average Bonchev–Trinajstić information content (AvgIpc) is 2.86. The van der Waals surface area contributed by atoms with E-state index in [1.165, 1.54) is 11.1 Å². The number of aliphatic imine (C=N–C) groups is 1. The minimum atomic E-state index is 0.107. The van der Waals surface area contributed by atoms with Gasteiger partial charge in [0.25, 0.3) is 0 Å². The highest BCUT2D eigenvalue weighted by Gasteiger charge is 2.17. The molecule has 124 valence electrons. The zero-order valence-corrected chi connectivity index (χ0v) is 15.4. The van der Waals surface area contributed by atoms with E-state index >= 15 is 0 Å². The topological polar surface area (TPSA) is 63.3 Å². The number of guanidine groups is 1. The van der Waals surface area contributed by atoms with Crippen LogP contribution in [-0.2, 0) is 11.8 Å². The molecule has 0 bridgehead atoms. The van der Waals surface area contributed by atoms with Crippen molar-refractivity contribution in [1.29, 1.82) is 0 Å². The summed E-state index contributed by atoms with van der Waals surface area (Å²) in [4.78, 5) is 9.07. The average molecular weight is 331 g/mol. The van der Waals surface area contributed by atoms with Gasteiger partial charge in [-0.3, -0.25) is 4.99 Å². The molecule has 5 heteroatoms. The van der Waals surface area contributed by atoms with Gasteiger partial charge < -0.3 is 11.1 Å². The molecular weight excluding hydrogens is 304 g/mol. The summed E-state index contributed by atoms with van der Waals surface area (Å²) in [6, 6.07) is 6.25. The first-order chi connectivity index (χ1) is 10.7. The minimum absolute atomic E-state index is 0.107. The van der Waals surface area contributed by atoms with Gasteiger partial charge in [-0.15, -0.1) is 11.3 Å². The van der Waals surface area contributed by atoms with Gasteiger partial charge in [0.1, 0.15) is 0 Å². The molecule has 0 saturated heterocycles. The normalized spacial score (nSPS) is 12.5. The van der Waals surface area contributed by atoms with E-state index in [1.54, 1.807) is 11.3 Å². The lowest BCUT2D eigenvalue weighted by Gasteiger charge is -2.13. The summed E-state index contributed by atoms with van der Waals surface area (Å²) >= 11 is 1.71. The molecule has 0 radical (unpaired) electrons. The zero-order chi connectivity index (χ0) is 17.0. The van der Waals surface area contributed by atoms with Crippen molar-refractivity contribution < 1.29 is 0 Å². The van der Waals surface area contributed by atoms with Crippen molar-refractivity contribution in [3.05, 3.63) is 45.4 Å². The molecule has 3 N–H and O–H groups in total. The molecule has 4 nitrogen and oxygen atoms in total. The summed E-state index contributed by atoms with van der Waals surface area (Å²) in [5.74, 6) is 0.446. The third-order valence-electron chi connectivity index (χ3n) is 3.34. The molecule has 1 aromatic carbocycles. The number of anilines is 1. The van der Waals surface area contributed by atoms with Gasteiger partial charge in [-0.25, -0.2) is 4.98 Å². The van der Waals surface area contributed by atoms with E-state index in [0.717, 1.165) is 22.8 Å². The van der Waals surface area contributed by atoms with Gasteiger partial charge in [-0.2, -0.15) is 0 Å². The quantitative estimate of drug-likeness (QED) is 0.657. The molecule has 0 spiro atoms. The monoisotopic (exact) mass is 330 g/mol. The molecule has 2 rings (SSSR count). The van der Waals surface area contributed by atoms with E-state index in [2.05, 4.69) is 73.5 Å². The van der Waals surface area contributed by atoms with Crippen LogP contribution in [-0.4, -0.2) is 17.5 Å². The fourth-order valence-electron chi connectivity index (χ4n) is 2.29. The number of rotatable bonds is 4. The van der Waals surface area contributed by atoms with E-state index in [4.69, 9.17) is 5.73 Å². The Morgan fingerprint density at radius 2 is 1.87 bits per heavy atom. The van der Waals surface area contributed by atoms with Crippen molar-refractivity contribution >= 4 is 23.0 Å². The Morgan fingerprint density at radius 1 is 1.22 bits per heavy atom. The number of aryl methyl sites for hydroxylation is 2. The highest BCUT2D eigenvalue weighted by Crippen LogP contribution is 2.25. The second-order valence-electron chi connectivity index (χ2n) is 6.91. The van der Waals surface area contributed by atoms with Crippen LogP contribution in [0.25, 0.3) is 0 Å². The lowest BCUT2D eigenvalue weighted by Crippen LogP contribution is -2.23. The van der Waals surface area contributed by atoms with Gasteiger partial charge in [0.2, 0.25) is 0 Å². The van der Waals surface area contributed by atoms with Crippen LogP contribution in [0.4, 0.5) is 5.69 Å². The number of hydrogen-bond acceptors (Lipinski definition) is 3. The Balaban J connectivity index is 1.91. The summed E-state index contributed by atoms with van der Waals surface area (Å²) in [5, 5.41) is 6.43. The molecule has 1 aromatic heterocycles. The van der Waals surface area contributed by atoms with Gasteiger partial charge in [0, 0.05) is 29.4 Å². The maximum Gasteiger partial charge on any atom is 0.193 e. The van der Waals surface area contributed by atoms with Crippen LogP contribution < -0.4 is 11.1 Å². The molecule has 0 aliphatic heterocycles. The highest BCUT2D eigenvalue weighted by molar-refractivity contribution is 7.09.